The van der Waals surface area contributed by atoms with Crippen molar-refractivity contribution in [1.29, 1.82) is 0 Å². The number of ether oxygens (including phenoxy) is 1. The number of hydrogen-bond acceptors (Lipinski definition) is 3. The van der Waals surface area contributed by atoms with Gasteiger partial charge in [-0.1, -0.05) is 6.42 Å². The van der Waals surface area contributed by atoms with Crippen molar-refractivity contribution in [1.82, 2.24) is 4.90 Å². The second-order valence-electron chi connectivity index (χ2n) is 4.11. The highest BCUT2D eigenvalue weighted by Gasteiger charge is 2.28. The summed E-state index contributed by atoms with van der Waals surface area (Å²) in [6.07, 6.45) is 2.51. The molecule has 1 rings (SSSR count). The number of carbonyl (C=O) groups is 2. The number of rotatable bonds is 5. The van der Waals surface area contributed by atoms with Crippen LogP contribution in [0.25, 0.3) is 0 Å². The Morgan fingerprint density at radius 1 is 1.56 bits per heavy atom. The van der Waals surface area contributed by atoms with Crippen molar-refractivity contribution in [3.63, 3.8) is 0 Å². The molecular formula is C11H19NO4. The first kappa shape index (κ1) is 13.0. The molecule has 0 saturated carbocycles. The Hall–Kier alpha value is -1.10. The summed E-state index contributed by atoms with van der Waals surface area (Å²) in [5, 5.41) is 8.74. The van der Waals surface area contributed by atoms with Gasteiger partial charge in [-0.2, -0.15) is 0 Å². The van der Waals surface area contributed by atoms with Crippen LogP contribution in [0.3, 0.4) is 0 Å². The third kappa shape index (κ3) is 3.81. The van der Waals surface area contributed by atoms with Crippen molar-refractivity contribution in [2.24, 2.45) is 5.92 Å². The van der Waals surface area contributed by atoms with Crippen molar-refractivity contribution in [3.8, 4) is 0 Å². The summed E-state index contributed by atoms with van der Waals surface area (Å²) in [4.78, 5) is 24.4. The Morgan fingerprint density at radius 2 is 2.31 bits per heavy atom. The van der Waals surface area contributed by atoms with Crippen molar-refractivity contribution in [2.45, 2.75) is 25.7 Å². The number of likely N-dealkylation sites (tertiary alicyclic amines) is 1. The molecule has 5 heteroatoms. The Kier molecular flexibility index (Phi) is 5.25. The van der Waals surface area contributed by atoms with Crippen LogP contribution in [0.5, 0.6) is 0 Å². The molecule has 1 aliphatic heterocycles. The smallest absolute Gasteiger partial charge is 0.304 e. The van der Waals surface area contributed by atoms with Crippen LogP contribution in [-0.2, 0) is 14.3 Å². The molecule has 1 saturated heterocycles. The lowest BCUT2D eigenvalue weighted by molar-refractivity contribution is -0.144. The number of carboxylic acids is 1. The molecule has 0 aromatic heterocycles. The minimum absolute atomic E-state index is 0.0306. The lowest BCUT2D eigenvalue weighted by Gasteiger charge is -2.23. The van der Waals surface area contributed by atoms with Crippen LogP contribution in [0, 0.1) is 5.92 Å². The molecule has 0 aromatic rings. The Labute approximate surface area is 95.4 Å². The monoisotopic (exact) mass is 229 g/mol. The van der Waals surface area contributed by atoms with E-state index in [0.29, 0.717) is 19.6 Å². The van der Waals surface area contributed by atoms with Gasteiger partial charge in [0.1, 0.15) is 0 Å². The SMILES string of the molecule is COCCN1CCCCC(CC(=O)O)C1=O. The average molecular weight is 229 g/mol. The van der Waals surface area contributed by atoms with Gasteiger partial charge in [-0.05, 0) is 12.8 Å². The molecule has 0 aliphatic carbocycles. The molecule has 0 spiro atoms. The Morgan fingerprint density at radius 3 is 2.94 bits per heavy atom. The first-order chi connectivity index (χ1) is 7.65. The van der Waals surface area contributed by atoms with E-state index in [0.717, 1.165) is 19.4 Å². The van der Waals surface area contributed by atoms with Crippen LogP contribution in [0.2, 0.25) is 0 Å². The lowest BCUT2D eigenvalue weighted by Crippen LogP contribution is -2.38. The molecule has 1 heterocycles. The largest absolute Gasteiger partial charge is 0.481 e. The van der Waals surface area contributed by atoms with Gasteiger partial charge in [-0.3, -0.25) is 9.59 Å². The van der Waals surface area contributed by atoms with Crippen molar-refractivity contribution >= 4 is 11.9 Å². The van der Waals surface area contributed by atoms with Crippen molar-refractivity contribution in [3.05, 3.63) is 0 Å². The van der Waals surface area contributed by atoms with Crippen LogP contribution in [-0.4, -0.2) is 48.7 Å². The van der Waals surface area contributed by atoms with E-state index in [1.165, 1.54) is 0 Å². The lowest BCUT2D eigenvalue weighted by atomic mass is 9.99. The third-order valence-corrected chi connectivity index (χ3v) is 2.88. The van der Waals surface area contributed by atoms with E-state index >= 15 is 0 Å². The van der Waals surface area contributed by atoms with Gasteiger partial charge >= 0.3 is 5.97 Å². The summed E-state index contributed by atoms with van der Waals surface area (Å²) in [6, 6.07) is 0. The van der Waals surface area contributed by atoms with E-state index in [9.17, 15) is 9.59 Å². The summed E-state index contributed by atoms with van der Waals surface area (Å²) in [6.45, 7) is 1.79. The summed E-state index contributed by atoms with van der Waals surface area (Å²) < 4.78 is 4.94. The molecule has 92 valence electrons. The minimum atomic E-state index is -0.896. The Balaban J connectivity index is 2.57. The van der Waals surface area contributed by atoms with Crippen molar-refractivity contribution in [2.75, 3.05) is 26.8 Å². The first-order valence-electron chi connectivity index (χ1n) is 5.64. The fraction of sp³-hybridized carbons (Fsp3) is 0.818. The predicted molar refractivity (Wildman–Crippen MR) is 58.0 cm³/mol. The molecule has 5 nitrogen and oxygen atoms in total. The Bertz CT molecular complexity index is 254. The van der Waals surface area contributed by atoms with Gasteiger partial charge in [0.2, 0.25) is 5.91 Å². The highest BCUT2D eigenvalue weighted by Crippen LogP contribution is 2.20. The molecule has 0 aromatic carbocycles. The molecule has 0 bridgehead atoms. The van der Waals surface area contributed by atoms with Crippen LogP contribution in [0.15, 0.2) is 0 Å². The normalized spacial score (nSPS) is 21.9. The van der Waals surface area contributed by atoms with E-state index in [4.69, 9.17) is 9.84 Å². The number of nitrogens with zero attached hydrogens (tertiary/aromatic N) is 1. The fourth-order valence-corrected chi connectivity index (χ4v) is 2.01. The molecule has 0 radical (unpaired) electrons. The first-order valence-corrected chi connectivity index (χ1v) is 5.64. The van der Waals surface area contributed by atoms with Gasteiger partial charge < -0.3 is 14.7 Å². The van der Waals surface area contributed by atoms with Gasteiger partial charge in [0.15, 0.2) is 0 Å². The topological polar surface area (TPSA) is 66.8 Å². The molecule has 1 atom stereocenters. The number of carboxylic acid groups (broad SMARTS) is 1. The average Bonchev–Trinajstić information content (AvgIpc) is 2.40. The van der Waals surface area contributed by atoms with Gasteiger partial charge in [0, 0.05) is 26.1 Å². The molecule has 1 fully saturated rings. The third-order valence-electron chi connectivity index (χ3n) is 2.88. The van der Waals surface area contributed by atoms with Crippen LogP contribution in [0.4, 0.5) is 0 Å². The maximum atomic E-state index is 12.0. The molecule has 1 unspecified atom stereocenters. The van der Waals surface area contributed by atoms with E-state index in [1.807, 2.05) is 0 Å². The van der Waals surface area contributed by atoms with Crippen molar-refractivity contribution < 1.29 is 19.4 Å². The summed E-state index contributed by atoms with van der Waals surface area (Å²) in [5.74, 6) is -1.28. The standard InChI is InChI=1S/C11H19NO4/c1-16-7-6-12-5-3-2-4-9(11(12)15)8-10(13)14/h9H,2-8H2,1H3,(H,13,14). The number of methoxy groups -OCH3 is 1. The van der Waals surface area contributed by atoms with Crippen LogP contribution < -0.4 is 0 Å². The fourth-order valence-electron chi connectivity index (χ4n) is 2.01. The summed E-state index contributed by atoms with van der Waals surface area (Å²) in [5.41, 5.74) is 0. The van der Waals surface area contributed by atoms with Crippen LogP contribution >= 0.6 is 0 Å². The maximum absolute atomic E-state index is 12.0. The van der Waals surface area contributed by atoms with Gasteiger partial charge in [-0.25, -0.2) is 0 Å². The van der Waals surface area contributed by atoms with Gasteiger partial charge in [-0.15, -0.1) is 0 Å². The van der Waals surface area contributed by atoms with E-state index < -0.39 is 5.97 Å². The highest BCUT2D eigenvalue weighted by molar-refractivity contribution is 5.83. The summed E-state index contributed by atoms with van der Waals surface area (Å²) >= 11 is 0. The van der Waals surface area contributed by atoms with E-state index in [-0.39, 0.29) is 18.2 Å². The number of aliphatic carboxylic acids is 1. The second kappa shape index (κ2) is 6.48. The number of carbonyl (C=O) groups excluding carboxylic acids is 1. The molecular weight excluding hydrogens is 210 g/mol. The van der Waals surface area contributed by atoms with E-state index in [1.54, 1.807) is 12.0 Å². The molecule has 1 N–H and O–H groups in total. The molecule has 16 heavy (non-hydrogen) atoms. The number of amides is 1. The zero-order chi connectivity index (χ0) is 12.0. The second-order valence-corrected chi connectivity index (χ2v) is 4.11. The molecule has 1 aliphatic rings. The van der Waals surface area contributed by atoms with Gasteiger partial charge in [0.05, 0.1) is 13.0 Å². The quantitative estimate of drug-likeness (QED) is 0.755. The minimum Gasteiger partial charge on any atom is -0.481 e. The maximum Gasteiger partial charge on any atom is 0.304 e. The van der Waals surface area contributed by atoms with Crippen LogP contribution in [0.1, 0.15) is 25.7 Å². The molecule has 1 amide bonds. The zero-order valence-electron chi connectivity index (χ0n) is 9.65. The van der Waals surface area contributed by atoms with Gasteiger partial charge in [0.25, 0.3) is 0 Å². The summed E-state index contributed by atoms with van der Waals surface area (Å²) in [7, 11) is 1.59. The highest BCUT2D eigenvalue weighted by atomic mass is 16.5. The zero-order valence-corrected chi connectivity index (χ0v) is 9.65. The van der Waals surface area contributed by atoms with E-state index in [2.05, 4.69) is 0 Å². The predicted octanol–water partition coefficient (Wildman–Crippen LogP) is 0.736. The number of hydrogen-bond donors (Lipinski definition) is 1.